The molecule has 2 heterocycles. The fraction of sp³-hybridized carbons (Fsp3) is 0.500. The molecule has 0 saturated heterocycles. The molecule has 110 valence electrons. The van der Waals surface area contributed by atoms with E-state index in [1.54, 1.807) is 0 Å². The summed E-state index contributed by atoms with van der Waals surface area (Å²) < 4.78 is 11.5. The van der Waals surface area contributed by atoms with Crippen LogP contribution in [0.4, 0.5) is 6.01 Å². The van der Waals surface area contributed by atoms with Crippen molar-refractivity contribution in [2.75, 3.05) is 18.5 Å². The van der Waals surface area contributed by atoms with Gasteiger partial charge in [-0.2, -0.15) is 0 Å². The first-order valence-corrected chi connectivity index (χ1v) is 7.67. The van der Waals surface area contributed by atoms with Gasteiger partial charge in [0, 0.05) is 12.5 Å². The van der Waals surface area contributed by atoms with Crippen molar-refractivity contribution in [3.05, 3.63) is 41.3 Å². The van der Waals surface area contributed by atoms with Crippen LogP contribution >= 0.6 is 0 Å². The van der Waals surface area contributed by atoms with Gasteiger partial charge in [0.2, 0.25) is 5.89 Å². The largest absolute Gasteiger partial charge is 0.408 e. The molecule has 1 N–H and O–H groups in total. The summed E-state index contributed by atoms with van der Waals surface area (Å²) in [7, 11) is 0. The third kappa shape index (κ3) is 2.53. The predicted molar refractivity (Wildman–Crippen MR) is 78.2 cm³/mol. The van der Waals surface area contributed by atoms with E-state index in [0.29, 0.717) is 18.5 Å². The zero-order valence-electron chi connectivity index (χ0n) is 11.9. The minimum absolute atomic E-state index is 0.0500. The highest BCUT2D eigenvalue weighted by atomic mass is 16.5. The number of rotatable bonds is 4. The van der Waals surface area contributed by atoms with Gasteiger partial charge < -0.3 is 14.5 Å². The Bertz CT molecular complexity index is 621. The first-order chi connectivity index (χ1) is 10.4. The summed E-state index contributed by atoms with van der Waals surface area (Å²) in [5.74, 6) is 1.24. The molecule has 0 unspecified atom stereocenters. The van der Waals surface area contributed by atoms with Gasteiger partial charge in [0.15, 0.2) is 0 Å². The van der Waals surface area contributed by atoms with Crippen molar-refractivity contribution in [1.82, 2.24) is 10.2 Å². The molecular formula is C16H19N3O2. The molecule has 1 aromatic heterocycles. The third-order valence-corrected chi connectivity index (χ3v) is 4.43. The van der Waals surface area contributed by atoms with Gasteiger partial charge in [0.1, 0.15) is 6.10 Å². The van der Waals surface area contributed by atoms with E-state index in [0.717, 1.165) is 18.9 Å². The average molecular weight is 285 g/mol. The van der Waals surface area contributed by atoms with Crippen molar-refractivity contribution >= 4 is 6.01 Å². The standard InChI is InChI=1S/C16H19N3O2/c1-2-7-13-11(4-1)8-9-20-14(13)10-17-16-19-18-15(21-16)12-5-3-6-12/h1-2,4,7,12,14H,3,5-6,8-10H2,(H,17,19)/t14-/m1/s1. The van der Waals surface area contributed by atoms with Crippen LogP contribution in [0, 0.1) is 0 Å². The van der Waals surface area contributed by atoms with Crippen molar-refractivity contribution in [3.63, 3.8) is 0 Å². The minimum Gasteiger partial charge on any atom is -0.408 e. The lowest BCUT2D eigenvalue weighted by molar-refractivity contribution is 0.0510. The molecule has 21 heavy (non-hydrogen) atoms. The van der Waals surface area contributed by atoms with E-state index in [9.17, 15) is 0 Å². The van der Waals surface area contributed by atoms with Gasteiger partial charge in [0.25, 0.3) is 0 Å². The second-order valence-electron chi connectivity index (χ2n) is 5.76. The summed E-state index contributed by atoms with van der Waals surface area (Å²) in [5, 5.41) is 11.4. The van der Waals surface area contributed by atoms with Crippen LogP contribution in [-0.2, 0) is 11.2 Å². The predicted octanol–water partition coefficient (Wildman–Crippen LogP) is 3.06. The zero-order valence-corrected chi connectivity index (χ0v) is 11.9. The molecule has 0 bridgehead atoms. The average Bonchev–Trinajstić information content (AvgIpc) is 2.91. The molecule has 1 fully saturated rings. The number of ether oxygens (including phenoxy) is 1. The molecule has 5 heteroatoms. The van der Waals surface area contributed by atoms with Crippen molar-refractivity contribution < 1.29 is 9.15 Å². The molecule has 1 aromatic carbocycles. The van der Waals surface area contributed by atoms with Crippen LogP contribution in [0.2, 0.25) is 0 Å². The lowest BCUT2D eigenvalue weighted by Crippen LogP contribution is -2.22. The van der Waals surface area contributed by atoms with Gasteiger partial charge in [-0.1, -0.05) is 35.8 Å². The maximum absolute atomic E-state index is 5.86. The topological polar surface area (TPSA) is 60.2 Å². The van der Waals surface area contributed by atoms with E-state index in [4.69, 9.17) is 9.15 Å². The number of anilines is 1. The smallest absolute Gasteiger partial charge is 0.315 e. The third-order valence-electron chi connectivity index (χ3n) is 4.43. The van der Waals surface area contributed by atoms with Crippen LogP contribution in [0.1, 0.15) is 48.3 Å². The number of fused-ring (bicyclic) bond motifs is 1. The Hall–Kier alpha value is -1.88. The molecule has 1 atom stereocenters. The quantitative estimate of drug-likeness (QED) is 0.935. The second kappa shape index (κ2) is 5.48. The summed E-state index contributed by atoms with van der Waals surface area (Å²) >= 11 is 0. The van der Waals surface area contributed by atoms with Gasteiger partial charge in [-0.15, -0.1) is 5.10 Å². The van der Waals surface area contributed by atoms with Crippen molar-refractivity contribution in [3.8, 4) is 0 Å². The van der Waals surface area contributed by atoms with Gasteiger partial charge >= 0.3 is 6.01 Å². The summed E-state index contributed by atoms with van der Waals surface area (Å²) in [4.78, 5) is 0. The number of aromatic nitrogens is 2. The Morgan fingerprint density at radius 3 is 2.95 bits per heavy atom. The Kier molecular flexibility index (Phi) is 3.35. The Labute approximate surface area is 123 Å². The monoisotopic (exact) mass is 285 g/mol. The van der Waals surface area contributed by atoms with Crippen LogP contribution in [0.3, 0.4) is 0 Å². The highest BCUT2D eigenvalue weighted by Gasteiger charge is 2.26. The van der Waals surface area contributed by atoms with Crippen molar-refractivity contribution in [1.29, 1.82) is 0 Å². The number of hydrogen-bond donors (Lipinski definition) is 1. The van der Waals surface area contributed by atoms with E-state index < -0.39 is 0 Å². The highest BCUT2D eigenvalue weighted by Crippen LogP contribution is 2.36. The van der Waals surface area contributed by atoms with E-state index in [2.05, 4.69) is 39.8 Å². The maximum atomic E-state index is 5.86. The van der Waals surface area contributed by atoms with Crippen molar-refractivity contribution in [2.24, 2.45) is 0 Å². The van der Waals surface area contributed by atoms with Gasteiger partial charge in [-0.25, -0.2) is 0 Å². The second-order valence-corrected chi connectivity index (χ2v) is 5.76. The number of benzene rings is 1. The molecule has 2 aliphatic rings. The summed E-state index contributed by atoms with van der Waals surface area (Å²) in [6.07, 6.45) is 4.64. The molecule has 5 nitrogen and oxygen atoms in total. The number of nitrogens with one attached hydrogen (secondary N) is 1. The van der Waals surface area contributed by atoms with Gasteiger partial charge in [0.05, 0.1) is 6.61 Å². The fourth-order valence-electron chi connectivity index (χ4n) is 2.95. The lowest BCUT2D eigenvalue weighted by Gasteiger charge is -2.25. The van der Waals surface area contributed by atoms with Gasteiger partial charge in [-0.3, -0.25) is 0 Å². The molecule has 0 amide bonds. The fourth-order valence-corrected chi connectivity index (χ4v) is 2.95. The Morgan fingerprint density at radius 1 is 1.19 bits per heavy atom. The molecule has 1 aliphatic carbocycles. The molecule has 0 radical (unpaired) electrons. The molecule has 1 saturated carbocycles. The molecule has 2 aromatic rings. The SMILES string of the molecule is c1ccc2c(c1)CCO[C@@H]2CNc1nnc(C2CCC2)o1. The van der Waals surface area contributed by atoms with E-state index in [-0.39, 0.29) is 6.10 Å². The normalized spacial score (nSPS) is 21.6. The molecular weight excluding hydrogens is 266 g/mol. The molecule has 4 rings (SSSR count). The molecule has 0 spiro atoms. The van der Waals surface area contributed by atoms with Crippen LogP contribution in [0.15, 0.2) is 28.7 Å². The van der Waals surface area contributed by atoms with Crippen LogP contribution in [-0.4, -0.2) is 23.3 Å². The van der Waals surface area contributed by atoms with Crippen molar-refractivity contribution in [2.45, 2.75) is 37.7 Å². The van der Waals surface area contributed by atoms with Gasteiger partial charge in [-0.05, 0) is 30.4 Å². The Morgan fingerprint density at radius 2 is 2.10 bits per heavy atom. The maximum Gasteiger partial charge on any atom is 0.315 e. The summed E-state index contributed by atoms with van der Waals surface area (Å²) in [5.41, 5.74) is 2.63. The zero-order chi connectivity index (χ0) is 14.1. The minimum atomic E-state index is 0.0500. The number of nitrogens with zero attached hydrogens (tertiary/aromatic N) is 2. The first kappa shape index (κ1) is 12.8. The lowest BCUT2D eigenvalue weighted by atomic mass is 9.85. The van der Waals surface area contributed by atoms with Crippen LogP contribution in [0.25, 0.3) is 0 Å². The molecule has 1 aliphatic heterocycles. The number of hydrogen-bond acceptors (Lipinski definition) is 5. The Balaban J connectivity index is 1.42. The van der Waals surface area contributed by atoms with Crippen LogP contribution in [0.5, 0.6) is 0 Å². The van der Waals surface area contributed by atoms with E-state index >= 15 is 0 Å². The van der Waals surface area contributed by atoms with Crippen LogP contribution < -0.4 is 5.32 Å². The van der Waals surface area contributed by atoms with E-state index in [1.165, 1.54) is 30.4 Å². The summed E-state index contributed by atoms with van der Waals surface area (Å²) in [6.45, 7) is 1.42. The first-order valence-electron chi connectivity index (χ1n) is 7.67. The summed E-state index contributed by atoms with van der Waals surface area (Å²) in [6, 6.07) is 8.95. The highest BCUT2D eigenvalue weighted by molar-refractivity contribution is 5.32. The van der Waals surface area contributed by atoms with E-state index in [1.807, 2.05) is 0 Å².